The van der Waals surface area contributed by atoms with E-state index >= 15 is 0 Å². The average molecular weight is 342 g/mol. The number of rotatable bonds is 5. The average Bonchev–Trinajstić information content (AvgIpc) is 3.18. The van der Waals surface area contributed by atoms with Crippen LogP contribution in [-0.4, -0.2) is 28.5 Å². The van der Waals surface area contributed by atoms with E-state index in [2.05, 4.69) is 22.7 Å². The van der Waals surface area contributed by atoms with Crippen molar-refractivity contribution < 1.29 is 9.53 Å². The number of hydrogen-bond acceptors (Lipinski definition) is 3. The normalized spacial score (nSPS) is 19.8. The van der Waals surface area contributed by atoms with Crippen LogP contribution in [0.2, 0.25) is 0 Å². The Morgan fingerprint density at radius 1 is 1.32 bits per heavy atom. The minimum absolute atomic E-state index is 0.0111. The second-order valence-electron chi connectivity index (χ2n) is 6.39. The van der Waals surface area contributed by atoms with E-state index in [1.54, 1.807) is 0 Å². The maximum Gasteiger partial charge on any atom is 0.315 e. The Kier molecular flexibility index (Phi) is 5.38. The summed E-state index contributed by atoms with van der Waals surface area (Å²) in [6.07, 6.45) is 0.733. The van der Waals surface area contributed by atoms with Crippen LogP contribution in [0, 0.1) is 13.8 Å². The zero-order valence-corrected chi connectivity index (χ0v) is 15.1. The molecule has 0 radical (unpaired) electrons. The second-order valence-corrected chi connectivity index (χ2v) is 6.39. The number of carbonyl (C=O) groups is 1. The fraction of sp³-hybridized carbons (Fsp3) is 0.474. The molecule has 1 fully saturated rings. The van der Waals surface area contributed by atoms with Crippen LogP contribution < -0.4 is 10.6 Å². The van der Waals surface area contributed by atoms with Gasteiger partial charge in [0.05, 0.1) is 11.7 Å². The lowest BCUT2D eigenvalue weighted by molar-refractivity contribution is 0.0999. The summed E-state index contributed by atoms with van der Waals surface area (Å²) >= 11 is 0. The van der Waals surface area contributed by atoms with E-state index in [1.807, 2.05) is 48.9 Å². The summed E-state index contributed by atoms with van der Waals surface area (Å²) in [7, 11) is 0. The summed E-state index contributed by atoms with van der Waals surface area (Å²) in [5.74, 6) is 0. The van der Waals surface area contributed by atoms with Gasteiger partial charge in [-0.25, -0.2) is 4.79 Å². The molecule has 2 N–H and O–H groups in total. The number of aromatic nitrogens is 2. The van der Waals surface area contributed by atoms with Crippen molar-refractivity contribution in [2.75, 3.05) is 6.61 Å². The molecule has 2 amide bonds. The molecule has 0 unspecified atom stereocenters. The van der Waals surface area contributed by atoms with Gasteiger partial charge < -0.3 is 15.4 Å². The summed E-state index contributed by atoms with van der Waals surface area (Å²) in [6.45, 7) is 8.04. The fourth-order valence-electron chi connectivity index (χ4n) is 3.39. The van der Waals surface area contributed by atoms with Gasteiger partial charge in [-0.05, 0) is 32.8 Å². The second kappa shape index (κ2) is 7.70. The topological polar surface area (TPSA) is 68.2 Å². The third-order valence-electron chi connectivity index (χ3n) is 4.79. The molecule has 2 heterocycles. The Balaban J connectivity index is 1.58. The zero-order valence-electron chi connectivity index (χ0n) is 15.1. The first kappa shape index (κ1) is 17.5. The van der Waals surface area contributed by atoms with Crippen molar-refractivity contribution in [1.82, 2.24) is 20.4 Å². The maximum atomic E-state index is 12.3. The summed E-state index contributed by atoms with van der Waals surface area (Å²) in [5.41, 5.74) is 4.25. The quantitative estimate of drug-likeness (QED) is 0.878. The first-order chi connectivity index (χ1) is 12.1. The van der Waals surface area contributed by atoms with Crippen molar-refractivity contribution in [1.29, 1.82) is 0 Å². The SMILES string of the molecule is CCn1nc(C)c(CNC(=O)N[C@@H]2CCO[C@@H]2c2ccccc2)c1C. The number of benzene rings is 1. The highest BCUT2D eigenvalue weighted by molar-refractivity contribution is 5.74. The lowest BCUT2D eigenvalue weighted by Crippen LogP contribution is -2.43. The van der Waals surface area contributed by atoms with Crippen LogP contribution in [0.25, 0.3) is 0 Å². The van der Waals surface area contributed by atoms with Crippen molar-refractivity contribution in [2.24, 2.45) is 0 Å². The molecule has 6 heteroatoms. The van der Waals surface area contributed by atoms with E-state index < -0.39 is 0 Å². The van der Waals surface area contributed by atoms with E-state index in [1.165, 1.54) is 0 Å². The molecule has 0 bridgehead atoms. The van der Waals surface area contributed by atoms with Crippen LogP contribution in [0.15, 0.2) is 30.3 Å². The van der Waals surface area contributed by atoms with Gasteiger partial charge in [0.1, 0.15) is 6.10 Å². The minimum atomic E-state index is -0.167. The molecule has 1 aliphatic rings. The van der Waals surface area contributed by atoms with Gasteiger partial charge >= 0.3 is 6.03 Å². The van der Waals surface area contributed by atoms with Crippen LogP contribution in [-0.2, 0) is 17.8 Å². The van der Waals surface area contributed by atoms with Crippen molar-refractivity contribution in [3.63, 3.8) is 0 Å². The Labute approximate surface area is 148 Å². The molecule has 25 heavy (non-hydrogen) atoms. The number of ether oxygens (including phenoxy) is 1. The number of amides is 2. The number of hydrogen-bond donors (Lipinski definition) is 2. The van der Waals surface area contributed by atoms with E-state index in [0.717, 1.165) is 35.5 Å². The maximum absolute atomic E-state index is 12.3. The van der Waals surface area contributed by atoms with Crippen molar-refractivity contribution in [3.8, 4) is 0 Å². The van der Waals surface area contributed by atoms with Gasteiger partial charge in [-0.2, -0.15) is 5.10 Å². The van der Waals surface area contributed by atoms with Crippen LogP contribution in [0.3, 0.4) is 0 Å². The number of aryl methyl sites for hydroxylation is 2. The lowest BCUT2D eigenvalue weighted by atomic mass is 10.0. The molecule has 2 aromatic rings. The predicted octanol–water partition coefficient (Wildman–Crippen LogP) is 2.85. The van der Waals surface area contributed by atoms with E-state index in [-0.39, 0.29) is 18.2 Å². The highest BCUT2D eigenvalue weighted by atomic mass is 16.5. The Morgan fingerprint density at radius 2 is 2.08 bits per heavy atom. The predicted molar refractivity (Wildman–Crippen MR) is 96.3 cm³/mol. The first-order valence-electron chi connectivity index (χ1n) is 8.84. The van der Waals surface area contributed by atoms with Crippen molar-refractivity contribution >= 4 is 6.03 Å². The molecule has 3 rings (SSSR count). The van der Waals surface area contributed by atoms with Gasteiger partial charge in [-0.1, -0.05) is 30.3 Å². The van der Waals surface area contributed by atoms with Gasteiger partial charge in [-0.15, -0.1) is 0 Å². The molecule has 1 aliphatic heterocycles. The van der Waals surface area contributed by atoms with E-state index in [0.29, 0.717) is 13.2 Å². The first-order valence-corrected chi connectivity index (χ1v) is 8.84. The van der Waals surface area contributed by atoms with Crippen LogP contribution in [0.1, 0.15) is 42.0 Å². The van der Waals surface area contributed by atoms with Crippen LogP contribution in [0.4, 0.5) is 4.79 Å². The van der Waals surface area contributed by atoms with Crippen LogP contribution in [0.5, 0.6) is 0 Å². The number of urea groups is 1. The molecule has 0 saturated carbocycles. The monoisotopic (exact) mass is 342 g/mol. The van der Waals surface area contributed by atoms with Gasteiger partial charge in [0.2, 0.25) is 0 Å². The highest BCUT2D eigenvalue weighted by Crippen LogP contribution is 2.28. The number of nitrogens with zero attached hydrogens (tertiary/aromatic N) is 2. The summed E-state index contributed by atoms with van der Waals surface area (Å²) in [5, 5.41) is 10.5. The van der Waals surface area contributed by atoms with Crippen LogP contribution >= 0.6 is 0 Å². The van der Waals surface area contributed by atoms with Crippen molar-refractivity contribution in [3.05, 3.63) is 52.8 Å². The molecular weight excluding hydrogens is 316 g/mol. The van der Waals surface area contributed by atoms with E-state index in [4.69, 9.17) is 4.74 Å². The number of nitrogens with one attached hydrogen (secondary N) is 2. The molecule has 0 aliphatic carbocycles. The summed E-state index contributed by atoms with van der Waals surface area (Å²) in [4.78, 5) is 12.3. The molecular formula is C19H26N4O2. The van der Waals surface area contributed by atoms with Crippen molar-refractivity contribution in [2.45, 2.75) is 52.4 Å². The Hall–Kier alpha value is -2.34. The third-order valence-corrected chi connectivity index (χ3v) is 4.79. The fourth-order valence-corrected chi connectivity index (χ4v) is 3.39. The van der Waals surface area contributed by atoms with E-state index in [9.17, 15) is 4.79 Å². The van der Waals surface area contributed by atoms with Gasteiger partial charge in [0.15, 0.2) is 0 Å². The largest absolute Gasteiger partial charge is 0.371 e. The molecule has 1 aromatic heterocycles. The molecule has 6 nitrogen and oxygen atoms in total. The van der Waals surface area contributed by atoms with Gasteiger partial charge in [0.25, 0.3) is 0 Å². The van der Waals surface area contributed by atoms with Gasteiger partial charge in [-0.3, -0.25) is 4.68 Å². The molecule has 1 aromatic carbocycles. The summed E-state index contributed by atoms with van der Waals surface area (Å²) in [6, 6.07) is 9.86. The minimum Gasteiger partial charge on any atom is -0.371 e. The third kappa shape index (κ3) is 3.85. The molecule has 2 atom stereocenters. The highest BCUT2D eigenvalue weighted by Gasteiger charge is 2.30. The zero-order chi connectivity index (χ0) is 17.8. The standard InChI is InChI=1S/C19H26N4O2/c1-4-23-14(3)16(13(2)22-23)12-20-19(24)21-17-10-11-25-18(17)15-8-6-5-7-9-15/h5-9,17-18H,4,10-12H2,1-3H3,(H2,20,21,24)/t17-,18-/m1/s1. The molecule has 134 valence electrons. The molecule has 0 spiro atoms. The Morgan fingerprint density at radius 3 is 2.76 bits per heavy atom. The van der Waals surface area contributed by atoms with Gasteiger partial charge in [0, 0.05) is 31.0 Å². The Bertz CT molecular complexity index is 727. The smallest absolute Gasteiger partial charge is 0.315 e. The number of carbonyl (C=O) groups excluding carboxylic acids is 1. The lowest BCUT2D eigenvalue weighted by Gasteiger charge is -2.20. The molecule has 1 saturated heterocycles. The summed E-state index contributed by atoms with van der Waals surface area (Å²) < 4.78 is 7.77.